The third kappa shape index (κ3) is 4.20. The number of ether oxygens (including phenoxy) is 1. The van der Waals surface area contributed by atoms with E-state index in [2.05, 4.69) is 5.32 Å². The molecule has 3 nitrogen and oxygen atoms in total. The van der Waals surface area contributed by atoms with Crippen LogP contribution in [0.5, 0.6) is 5.75 Å². The monoisotopic (exact) mass is 307 g/mol. The fourth-order valence-corrected chi connectivity index (χ4v) is 1.95. The maximum Gasteiger partial charge on any atom is 0.255 e. The van der Waals surface area contributed by atoms with Gasteiger partial charge in [-0.3, -0.25) is 4.79 Å². The first-order chi connectivity index (χ1) is 10.1. The summed E-state index contributed by atoms with van der Waals surface area (Å²) in [5, 5.41) is 3.13. The number of carbonyl (C=O) groups is 1. The van der Waals surface area contributed by atoms with E-state index < -0.39 is 0 Å². The topological polar surface area (TPSA) is 38.3 Å². The van der Waals surface area contributed by atoms with Crippen LogP contribution in [0.15, 0.2) is 42.5 Å². The van der Waals surface area contributed by atoms with Gasteiger partial charge >= 0.3 is 0 Å². The van der Waals surface area contributed by atoms with E-state index in [4.69, 9.17) is 16.3 Å². The van der Waals surface area contributed by atoms with Gasteiger partial charge in [0.05, 0.1) is 11.6 Å². The highest BCUT2D eigenvalue weighted by atomic mass is 35.5. The van der Waals surface area contributed by atoms with Crippen molar-refractivity contribution in [3.63, 3.8) is 0 Å². The molecule has 2 rings (SSSR count). The standard InChI is InChI=1S/C16H15ClFNO2/c1-2-9-21-15-8-7-13(10-14(15)17)19-16(20)11-3-5-12(18)6-4-11/h3-8,10H,2,9H2,1H3,(H,19,20). The molecule has 21 heavy (non-hydrogen) atoms. The van der Waals surface area contributed by atoms with Gasteiger partial charge in [-0.1, -0.05) is 18.5 Å². The van der Waals surface area contributed by atoms with Crippen LogP contribution in [-0.4, -0.2) is 12.5 Å². The molecule has 2 aromatic carbocycles. The average Bonchev–Trinajstić information content (AvgIpc) is 2.47. The number of anilines is 1. The normalized spacial score (nSPS) is 10.2. The van der Waals surface area contributed by atoms with Crippen LogP contribution < -0.4 is 10.1 Å². The van der Waals surface area contributed by atoms with Crippen molar-refractivity contribution in [1.82, 2.24) is 0 Å². The molecule has 0 atom stereocenters. The van der Waals surface area contributed by atoms with Crippen molar-refractivity contribution in [3.8, 4) is 5.75 Å². The van der Waals surface area contributed by atoms with E-state index in [1.807, 2.05) is 6.92 Å². The zero-order valence-corrected chi connectivity index (χ0v) is 12.3. The molecule has 0 aromatic heterocycles. The predicted molar refractivity (Wildman–Crippen MR) is 81.6 cm³/mol. The molecular formula is C16H15ClFNO2. The summed E-state index contributed by atoms with van der Waals surface area (Å²) in [4.78, 5) is 12.0. The molecule has 1 N–H and O–H groups in total. The second kappa shape index (κ2) is 7.09. The summed E-state index contributed by atoms with van der Waals surface area (Å²) in [5.41, 5.74) is 0.928. The Labute approximate surface area is 127 Å². The Kier molecular flexibility index (Phi) is 5.17. The molecule has 0 heterocycles. The Morgan fingerprint density at radius 2 is 1.95 bits per heavy atom. The molecule has 0 saturated heterocycles. The molecule has 0 bridgehead atoms. The minimum Gasteiger partial charge on any atom is -0.492 e. The molecule has 0 radical (unpaired) electrons. The smallest absolute Gasteiger partial charge is 0.255 e. The number of amides is 1. The number of hydrogen-bond donors (Lipinski definition) is 1. The van der Waals surface area contributed by atoms with Gasteiger partial charge in [0, 0.05) is 11.3 Å². The first kappa shape index (κ1) is 15.3. The number of carbonyl (C=O) groups excluding carboxylic acids is 1. The van der Waals surface area contributed by atoms with Gasteiger partial charge in [0.2, 0.25) is 0 Å². The zero-order valence-electron chi connectivity index (χ0n) is 11.5. The highest BCUT2D eigenvalue weighted by molar-refractivity contribution is 6.32. The number of hydrogen-bond acceptors (Lipinski definition) is 2. The number of rotatable bonds is 5. The van der Waals surface area contributed by atoms with Crippen molar-refractivity contribution in [2.24, 2.45) is 0 Å². The first-order valence-corrected chi connectivity index (χ1v) is 6.97. The van der Waals surface area contributed by atoms with E-state index >= 15 is 0 Å². The highest BCUT2D eigenvalue weighted by Gasteiger charge is 2.08. The van der Waals surface area contributed by atoms with Crippen molar-refractivity contribution < 1.29 is 13.9 Å². The Morgan fingerprint density at radius 1 is 1.24 bits per heavy atom. The van der Waals surface area contributed by atoms with Crippen LogP contribution in [0.1, 0.15) is 23.7 Å². The van der Waals surface area contributed by atoms with Crippen LogP contribution in [0, 0.1) is 5.82 Å². The van der Waals surface area contributed by atoms with Gasteiger partial charge in [-0.2, -0.15) is 0 Å². The summed E-state index contributed by atoms with van der Waals surface area (Å²) in [6.45, 7) is 2.59. The van der Waals surface area contributed by atoms with Crippen molar-refractivity contribution >= 4 is 23.2 Å². The Hall–Kier alpha value is -2.07. The van der Waals surface area contributed by atoms with E-state index in [0.717, 1.165) is 6.42 Å². The lowest BCUT2D eigenvalue weighted by atomic mass is 10.2. The minimum absolute atomic E-state index is 0.326. The fraction of sp³-hybridized carbons (Fsp3) is 0.188. The second-order valence-electron chi connectivity index (χ2n) is 4.45. The van der Waals surface area contributed by atoms with E-state index in [-0.39, 0.29) is 11.7 Å². The van der Waals surface area contributed by atoms with E-state index in [9.17, 15) is 9.18 Å². The van der Waals surface area contributed by atoms with Crippen LogP contribution in [0.4, 0.5) is 10.1 Å². The zero-order chi connectivity index (χ0) is 15.2. The maximum absolute atomic E-state index is 12.8. The van der Waals surface area contributed by atoms with Gasteiger partial charge in [-0.15, -0.1) is 0 Å². The molecule has 1 amide bonds. The Balaban J connectivity index is 2.07. The van der Waals surface area contributed by atoms with Crippen LogP contribution in [0.2, 0.25) is 5.02 Å². The summed E-state index contributed by atoms with van der Waals surface area (Å²) in [7, 11) is 0. The summed E-state index contributed by atoms with van der Waals surface area (Å²) in [6.07, 6.45) is 0.888. The molecule has 0 fully saturated rings. The summed E-state index contributed by atoms with van der Waals surface area (Å²) < 4.78 is 18.3. The third-order valence-electron chi connectivity index (χ3n) is 2.76. The second-order valence-corrected chi connectivity index (χ2v) is 4.86. The minimum atomic E-state index is -0.382. The van der Waals surface area contributed by atoms with Crippen molar-refractivity contribution in [2.45, 2.75) is 13.3 Å². The molecule has 0 spiro atoms. The molecular weight excluding hydrogens is 293 g/mol. The van der Waals surface area contributed by atoms with Crippen LogP contribution in [0.3, 0.4) is 0 Å². The molecule has 0 aliphatic heterocycles. The fourth-order valence-electron chi connectivity index (χ4n) is 1.71. The first-order valence-electron chi connectivity index (χ1n) is 6.59. The Bertz CT molecular complexity index is 629. The predicted octanol–water partition coefficient (Wildman–Crippen LogP) is 4.52. The van der Waals surface area contributed by atoms with Crippen LogP contribution in [0.25, 0.3) is 0 Å². The van der Waals surface area contributed by atoms with Gasteiger partial charge in [0.25, 0.3) is 5.91 Å². The van der Waals surface area contributed by atoms with Crippen molar-refractivity contribution in [1.29, 1.82) is 0 Å². The maximum atomic E-state index is 12.8. The summed E-state index contributed by atoms with van der Waals surface area (Å²) in [5.74, 6) is -0.126. The average molecular weight is 308 g/mol. The lowest BCUT2D eigenvalue weighted by Gasteiger charge is -2.10. The summed E-state index contributed by atoms with van der Waals surface area (Å²) in [6, 6.07) is 10.4. The molecule has 0 aliphatic rings. The van der Waals surface area contributed by atoms with Crippen molar-refractivity contribution in [3.05, 3.63) is 58.9 Å². The number of benzene rings is 2. The molecule has 0 unspecified atom stereocenters. The number of halogens is 2. The van der Waals surface area contributed by atoms with Gasteiger partial charge in [0.15, 0.2) is 0 Å². The van der Waals surface area contributed by atoms with E-state index in [1.165, 1.54) is 24.3 Å². The SMILES string of the molecule is CCCOc1ccc(NC(=O)c2ccc(F)cc2)cc1Cl. The van der Waals surface area contributed by atoms with Gasteiger partial charge < -0.3 is 10.1 Å². The highest BCUT2D eigenvalue weighted by Crippen LogP contribution is 2.28. The number of nitrogens with one attached hydrogen (secondary N) is 1. The molecule has 2 aromatic rings. The molecule has 0 saturated carbocycles. The molecule has 5 heteroatoms. The van der Waals surface area contributed by atoms with Gasteiger partial charge in [-0.25, -0.2) is 4.39 Å². The quantitative estimate of drug-likeness (QED) is 0.882. The molecule has 110 valence electrons. The largest absolute Gasteiger partial charge is 0.492 e. The summed E-state index contributed by atoms with van der Waals surface area (Å²) >= 11 is 6.09. The van der Waals surface area contributed by atoms with Gasteiger partial charge in [0.1, 0.15) is 11.6 Å². The van der Waals surface area contributed by atoms with Crippen LogP contribution >= 0.6 is 11.6 Å². The van der Waals surface area contributed by atoms with Crippen LogP contribution in [-0.2, 0) is 0 Å². The lowest BCUT2D eigenvalue weighted by molar-refractivity contribution is 0.102. The third-order valence-corrected chi connectivity index (χ3v) is 3.05. The van der Waals surface area contributed by atoms with Gasteiger partial charge in [-0.05, 0) is 48.9 Å². The van der Waals surface area contributed by atoms with E-state index in [0.29, 0.717) is 28.6 Å². The lowest BCUT2D eigenvalue weighted by Crippen LogP contribution is -2.11. The Morgan fingerprint density at radius 3 is 2.57 bits per heavy atom. The van der Waals surface area contributed by atoms with Crippen molar-refractivity contribution in [2.75, 3.05) is 11.9 Å². The van der Waals surface area contributed by atoms with E-state index in [1.54, 1.807) is 18.2 Å². The molecule has 0 aliphatic carbocycles.